The number of nitrogens with zero attached hydrogens (tertiary/aromatic N) is 4. The Hall–Kier alpha value is -2.92. The van der Waals surface area contributed by atoms with Gasteiger partial charge in [0.1, 0.15) is 18.6 Å². The number of carboxylic acids is 1. The van der Waals surface area contributed by atoms with Crippen molar-refractivity contribution < 1.29 is 24.3 Å². The standard InChI is InChI=1S/C24H38N10O5S/c1-12-19-18(13(2)29-17(35)10-33-11-28-30-31-33)23(37)34(19)20(24(38)39)21(12)40-15-7-16(27-8-15)22(36)32-6-3-14(9-32)26-5-4-25/h11-16,18-19,26-27,30-31H,3-10,25H2,1-2H3,(H,29,35)(H,38,39)/t12-,13-,14-,15+,16+,18-,19-/m1/s1. The van der Waals surface area contributed by atoms with Gasteiger partial charge in [-0.15, -0.1) is 17.3 Å². The van der Waals surface area contributed by atoms with Crippen LogP contribution >= 0.6 is 11.8 Å². The number of hydrazine groups is 2. The maximum atomic E-state index is 13.2. The van der Waals surface area contributed by atoms with Gasteiger partial charge < -0.3 is 36.6 Å². The van der Waals surface area contributed by atoms with Crippen molar-refractivity contribution in [1.82, 2.24) is 41.8 Å². The first kappa shape index (κ1) is 28.6. The first-order chi connectivity index (χ1) is 19.2. The first-order valence-electron chi connectivity index (χ1n) is 13.7. The average molecular weight is 579 g/mol. The Balaban J connectivity index is 1.18. The van der Waals surface area contributed by atoms with Crippen molar-refractivity contribution in [1.29, 1.82) is 0 Å². The van der Waals surface area contributed by atoms with Gasteiger partial charge in [-0.3, -0.25) is 19.4 Å². The largest absolute Gasteiger partial charge is 0.477 e. The van der Waals surface area contributed by atoms with E-state index in [0.29, 0.717) is 37.5 Å². The zero-order valence-corrected chi connectivity index (χ0v) is 23.4. The summed E-state index contributed by atoms with van der Waals surface area (Å²) < 4.78 is 0. The number of nitrogens with two attached hydrogens (primary N) is 1. The molecule has 0 spiro atoms. The number of aliphatic carboxylic acids is 1. The van der Waals surface area contributed by atoms with E-state index in [9.17, 15) is 24.3 Å². The molecule has 40 heavy (non-hydrogen) atoms. The monoisotopic (exact) mass is 578 g/mol. The van der Waals surface area contributed by atoms with Gasteiger partial charge in [0.25, 0.3) is 0 Å². The Morgan fingerprint density at radius 2 is 2.15 bits per heavy atom. The zero-order chi connectivity index (χ0) is 28.6. The molecule has 7 atom stereocenters. The third-order valence-electron chi connectivity index (χ3n) is 8.25. The number of rotatable bonds is 11. The van der Waals surface area contributed by atoms with Gasteiger partial charge in [0.05, 0.1) is 18.0 Å². The highest BCUT2D eigenvalue weighted by atomic mass is 32.2. The van der Waals surface area contributed by atoms with Crippen molar-refractivity contribution in [3.63, 3.8) is 0 Å². The van der Waals surface area contributed by atoms with Gasteiger partial charge in [-0.05, 0) is 19.8 Å². The lowest BCUT2D eigenvalue weighted by Gasteiger charge is -2.47. The maximum absolute atomic E-state index is 13.2. The summed E-state index contributed by atoms with van der Waals surface area (Å²) in [6.07, 6.45) is 2.92. The highest BCUT2D eigenvalue weighted by Gasteiger charge is 2.60. The summed E-state index contributed by atoms with van der Waals surface area (Å²) in [6.45, 7) is 6.93. The topological polar surface area (TPSA) is 197 Å². The molecule has 0 aromatic carbocycles. The maximum Gasteiger partial charge on any atom is 0.353 e. The average Bonchev–Trinajstić information content (AvgIpc) is 3.71. The van der Waals surface area contributed by atoms with Crippen LogP contribution in [0.2, 0.25) is 0 Å². The van der Waals surface area contributed by atoms with E-state index < -0.39 is 17.9 Å². The van der Waals surface area contributed by atoms with Crippen LogP contribution in [-0.4, -0.2) is 119 Å². The van der Waals surface area contributed by atoms with Gasteiger partial charge >= 0.3 is 5.97 Å². The number of hydrogen-bond donors (Lipinski definition) is 7. The summed E-state index contributed by atoms with van der Waals surface area (Å²) in [4.78, 5) is 55.0. The normalized spacial score (nSPS) is 31.9. The smallest absolute Gasteiger partial charge is 0.353 e. The highest BCUT2D eigenvalue weighted by Crippen LogP contribution is 2.51. The third-order valence-corrected chi connectivity index (χ3v) is 9.76. The zero-order valence-electron chi connectivity index (χ0n) is 22.6. The third kappa shape index (κ3) is 5.50. The Labute approximate surface area is 236 Å². The van der Waals surface area contributed by atoms with Gasteiger partial charge in [-0.25, -0.2) is 10.3 Å². The predicted molar refractivity (Wildman–Crippen MR) is 147 cm³/mol. The van der Waals surface area contributed by atoms with E-state index in [-0.39, 0.29) is 59.3 Å². The fourth-order valence-electron chi connectivity index (χ4n) is 6.34. The number of β-lactam (4-membered cyclic amide) rings is 1. The minimum absolute atomic E-state index is 0.00197. The lowest BCUT2D eigenvalue weighted by molar-refractivity contribution is -0.158. The molecule has 0 aromatic rings. The number of likely N-dealkylation sites (tertiary alicyclic amines) is 1. The van der Waals surface area contributed by atoms with Crippen LogP contribution in [0.4, 0.5) is 0 Å². The van der Waals surface area contributed by atoms with E-state index in [1.807, 2.05) is 11.8 Å². The molecule has 0 radical (unpaired) electrons. The fourth-order valence-corrected chi connectivity index (χ4v) is 7.82. The molecule has 3 saturated heterocycles. The molecule has 0 unspecified atom stereocenters. The van der Waals surface area contributed by atoms with Crippen molar-refractivity contribution in [3.8, 4) is 0 Å². The molecule has 15 nitrogen and oxygen atoms in total. The van der Waals surface area contributed by atoms with Crippen LogP contribution in [0.3, 0.4) is 0 Å². The number of fused-ring (bicyclic) bond motifs is 1. The van der Waals surface area contributed by atoms with E-state index in [4.69, 9.17) is 5.73 Å². The van der Waals surface area contributed by atoms with Crippen LogP contribution < -0.4 is 32.8 Å². The molecule has 0 aromatic heterocycles. The van der Waals surface area contributed by atoms with Crippen LogP contribution in [-0.2, 0) is 19.2 Å². The van der Waals surface area contributed by atoms with Gasteiger partial charge in [0.2, 0.25) is 17.7 Å². The number of hydrazone groups is 1. The molecule has 220 valence electrons. The molecule has 0 aliphatic carbocycles. The van der Waals surface area contributed by atoms with Crippen molar-refractivity contribution in [2.75, 3.05) is 39.3 Å². The summed E-state index contributed by atoms with van der Waals surface area (Å²) in [5, 5.41) is 24.8. The molecule has 3 fully saturated rings. The molecule has 8 N–H and O–H groups in total. The number of carboxylic acid groups (broad SMARTS) is 1. The number of thioether (sulfide) groups is 1. The summed E-state index contributed by atoms with van der Waals surface area (Å²) in [7, 11) is 0. The Morgan fingerprint density at radius 3 is 2.85 bits per heavy atom. The lowest BCUT2D eigenvalue weighted by Crippen LogP contribution is -2.66. The molecule has 5 rings (SSSR count). The second-order valence-corrected chi connectivity index (χ2v) is 12.3. The van der Waals surface area contributed by atoms with Crippen LogP contribution in [0.25, 0.3) is 0 Å². The van der Waals surface area contributed by atoms with Gasteiger partial charge in [-0.2, -0.15) is 5.10 Å². The van der Waals surface area contributed by atoms with E-state index in [2.05, 4.69) is 32.1 Å². The Kier molecular flexibility index (Phi) is 8.51. The van der Waals surface area contributed by atoms with Crippen molar-refractivity contribution >= 4 is 41.8 Å². The molecule has 3 amide bonds. The van der Waals surface area contributed by atoms with Gasteiger partial charge in [0, 0.05) is 60.9 Å². The van der Waals surface area contributed by atoms with Crippen LogP contribution in [0.1, 0.15) is 26.7 Å². The second-order valence-electron chi connectivity index (χ2n) is 10.9. The summed E-state index contributed by atoms with van der Waals surface area (Å²) >= 11 is 1.45. The molecule has 16 heteroatoms. The van der Waals surface area contributed by atoms with Crippen molar-refractivity contribution in [3.05, 3.63) is 10.6 Å². The second kappa shape index (κ2) is 11.9. The molecule has 5 aliphatic rings. The molecule has 0 bridgehead atoms. The number of carbonyl (C=O) groups is 4. The van der Waals surface area contributed by atoms with Crippen LogP contribution in [0.5, 0.6) is 0 Å². The number of nitrogens with one attached hydrogen (secondary N) is 5. The van der Waals surface area contributed by atoms with Gasteiger partial charge in [0.15, 0.2) is 0 Å². The molecular weight excluding hydrogens is 540 g/mol. The SMILES string of the molecule is C[C@@H](NC(=O)CN1C=NNN1)[C@H]1C(=O)N2C(C(=O)O)=C(S[C@@H]3CN[C@H](C(=O)N4CC[C@@H](NCCN)C4)C3)[C@H](C)[C@H]12. The fraction of sp³-hybridized carbons (Fsp3) is 0.708. The quantitative estimate of drug-likeness (QED) is 0.124. The van der Waals surface area contributed by atoms with E-state index in [0.717, 1.165) is 13.0 Å². The predicted octanol–water partition coefficient (Wildman–Crippen LogP) is -2.85. The number of carbonyl (C=O) groups excluding carboxylic acids is 3. The van der Waals surface area contributed by atoms with Crippen LogP contribution in [0, 0.1) is 11.8 Å². The van der Waals surface area contributed by atoms with Crippen LogP contribution in [0.15, 0.2) is 15.7 Å². The highest BCUT2D eigenvalue weighted by molar-refractivity contribution is 8.03. The molecule has 0 saturated carbocycles. The lowest BCUT2D eigenvalue weighted by atomic mass is 9.78. The van der Waals surface area contributed by atoms with Crippen molar-refractivity contribution in [2.45, 2.75) is 56.1 Å². The number of amides is 3. The molecular formula is C24H38N10O5S. The Morgan fingerprint density at radius 1 is 1.35 bits per heavy atom. The minimum atomic E-state index is -1.14. The summed E-state index contributed by atoms with van der Waals surface area (Å²) in [6, 6.07) is -0.886. The number of hydrogen-bond acceptors (Lipinski definition) is 12. The molecule has 5 heterocycles. The van der Waals surface area contributed by atoms with Gasteiger partial charge in [-0.1, -0.05) is 6.92 Å². The summed E-state index contributed by atoms with van der Waals surface area (Å²) in [5.74, 6) is -2.40. The van der Waals surface area contributed by atoms with Crippen molar-refractivity contribution in [2.24, 2.45) is 22.7 Å². The van der Waals surface area contributed by atoms with E-state index >= 15 is 0 Å². The minimum Gasteiger partial charge on any atom is -0.477 e. The molecule has 5 aliphatic heterocycles. The Bertz CT molecular complexity index is 1100. The summed E-state index contributed by atoms with van der Waals surface area (Å²) in [5.41, 5.74) is 10.8. The van der Waals surface area contributed by atoms with E-state index in [1.165, 1.54) is 28.0 Å². The van der Waals surface area contributed by atoms with E-state index in [1.54, 1.807) is 6.92 Å². The first-order valence-corrected chi connectivity index (χ1v) is 14.6.